The number of hydrogen-bond acceptors (Lipinski definition) is 3. The van der Waals surface area contributed by atoms with Gasteiger partial charge in [0.2, 0.25) is 0 Å². The number of alkyl carbamates (subject to hydrolysis) is 1. The molecule has 1 aliphatic heterocycles. The van der Waals surface area contributed by atoms with Gasteiger partial charge in [-0.3, -0.25) is 0 Å². The quantitative estimate of drug-likeness (QED) is 0.678. The molecular weight excluding hydrogens is 192 g/mol. The maximum absolute atomic E-state index is 11.1. The lowest BCUT2D eigenvalue weighted by Crippen LogP contribution is -2.49. The van der Waals surface area contributed by atoms with E-state index >= 15 is 0 Å². The number of hydrogen-bond donors (Lipinski definition) is 2. The Balaban J connectivity index is 2.45. The van der Waals surface area contributed by atoms with E-state index in [1.807, 2.05) is 6.92 Å². The summed E-state index contributed by atoms with van der Waals surface area (Å²) in [5.74, 6) is 0.519. The van der Waals surface area contributed by atoms with Crippen LogP contribution in [-0.2, 0) is 4.74 Å². The van der Waals surface area contributed by atoms with E-state index in [1.165, 1.54) is 12.7 Å². The molecule has 0 bridgehead atoms. The van der Waals surface area contributed by atoms with Gasteiger partial charge in [0.25, 0.3) is 0 Å². The van der Waals surface area contributed by atoms with Gasteiger partial charge < -0.3 is 15.4 Å². The molecule has 15 heavy (non-hydrogen) atoms. The zero-order chi connectivity index (χ0) is 11.3. The molecule has 1 rings (SSSR count). The minimum Gasteiger partial charge on any atom is -0.453 e. The number of amides is 1. The van der Waals surface area contributed by atoms with Crippen LogP contribution in [0.2, 0.25) is 0 Å². The Kier molecular flexibility index (Phi) is 4.62. The number of allylic oxidation sites excluding steroid dienone is 1. The second kappa shape index (κ2) is 5.75. The molecule has 1 amide bonds. The van der Waals surface area contributed by atoms with Crippen molar-refractivity contribution in [3.63, 3.8) is 0 Å². The number of rotatable bonds is 2. The first-order valence-corrected chi connectivity index (χ1v) is 5.35. The molecule has 0 aromatic carbocycles. The fraction of sp³-hybridized carbons (Fsp3) is 0.727. The number of ether oxygens (including phenoxy) is 1. The topological polar surface area (TPSA) is 50.4 Å². The van der Waals surface area contributed by atoms with Crippen LogP contribution in [0.4, 0.5) is 4.79 Å². The van der Waals surface area contributed by atoms with E-state index < -0.39 is 0 Å². The third-order valence-corrected chi connectivity index (χ3v) is 2.96. The molecule has 0 aromatic heterocycles. The molecule has 2 unspecified atom stereocenters. The molecule has 0 saturated carbocycles. The number of nitrogens with one attached hydrogen (secondary N) is 2. The van der Waals surface area contributed by atoms with Crippen LogP contribution in [0.1, 0.15) is 20.3 Å². The van der Waals surface area contributed by atoms with E-state index in [1.54, 1.807) is 0 Å². The highest BCUT2D eigenvalue weighted by molar-refractivity contribution is 5.67. The molecule has 1 saturated heterocycles. The summed E-state index contributed by atoms with van der Waals surface area (Å²) in [6, 6.07) is 0.172. The van der Waals surface area contributed by atoms with Crippen molar-refractivity contribution in [3.8, 4) is 0 Å². The summed E-state index contributed by atoms with van der Waals surface area (Å²) < 4.78 is 4.58. The normalized spacial score (nSPS) is 27.3. The molecule has 4 nitrogen and oxygen atoms in total. The zero-order valence-electron chi connectivity index (χ0n) is 9.67. The summed E-state index contributed by atoms with van der Waals surface area (Å²) in [5, 5.41) is 6.15. The Hall–Kier alpha value is -1.03. The highest BCUT2D eigenvalue weighted by atomic mass is 16.5. The van der Waals surface area contributed by atoms with Gasteiger partial charge in [-0.2, -0.15) is 0 Å². The highest BCUT2D eigenvalue weighted by Crippen LogP contribution is 2.19. The average molecular weight is 212 g/mol. The van der Waals surface area contributed by atoms with Crippen molar-refractivity contribution < 1.29 is 9.53 Å². The summed E-state index contributed by atoms with van der Waals surface area (Å²) in [6.07, 6.45) is 2.77. The maximum Gasteiger partial charge on any atom is 0.407 e. The summed E-state index contributed by atoms with van der Waals surface area (Å²) in [6.45, 7) is 6.00. The molecule has 4 heteroatoms. The smallest absolute Gasteiger partial charge is 0.407 e. The number of carbonyl (C=O) groups is 1. The minimum absolute atomic E-state index is 0.172. The predicted octanol–water partition coefficient (Wildman–Crippen LogP) is 1.29. The van der Waals surface area contributed by atoms with Crippen molar-refractivity contribution in [1.82, 2.24) is 10.6 Å². The van der Waals surface area contributed by atoms with Crippen molar-refractivity contribution in [1.29, 1.82) is 0 Å². The fourth-order valence-electron chi connectivity index (χ4n) is 1.86. The molecule has 0 aromatic rings. The van der Waals surface area contributed by atoms with Crippen LogP contribution in [0, 0.1) is 5.92 Å². The first kappa shape index (κ1) is 12.0. The Morgan fingerprint density at radius 1 is 1.53 bits per heavy atom. The second-order valence-corrected chi connectivity index (χ2v) is 3.96. The first-order valence-electron chi connectivity index (χ1n) is 5.35. The van der Waals surface area contributed by atoms with Gasteiger partial charge >= 0.3 is 6.09 Å². The lowest BCUT2D eigenvalue weighted by molar-refractivity contribution is 0.162. The van der Waals surface area contributed by atoms with E-state index in [2.05, 4.69) is 28.4 Å². The molecule has 0 radical (unpaired) electrons. The monoisotopic (exact) mass is 212 g/mol. The van der Waals surface area contributed by atoms with Gasteiger partial charge in [-0.25, -0.2) is 4.79 Å². The van der Waals surface area contributed by atoms with Gasteiger partial charge in [-0.15, -0.1) is 0 Å². The van der Waals surface area contributed by atoms with Gasteiger partial charge in [0.05, 0.1) is 7.11 Å². The Morgan fingerprint density at radius 2 is 2.27 bits per heavy atom. The summed E-state index contributed by atoms with van der Waals surface area (Å²) in [5.41, 5.74) is 1.37. The molecule has 1 heterocycles. The number of carbonyl (C=O) groups excluding carboxylic acids is 1. The SMILES string of the molecule is C/C=C(\C)C1CNCC(NC(=O)OC)C1. The van der Waals surface area contributed by atoms with Crippen LogP contribution in [0.25, 0.3) is 0 Å². The lowest BCUT2D eigenvalue weighted by atomic mass is 9.89. The maximum atomic E-state index is 11.1. The van der Waals surface area contributed by atoms with E-state index in [9.17, 15) is 4.79 Å². The standard InChI is InChI=1S/C11H20N2O2/c1-4-8(2)9-5-10(7-12-6-9)13-11(14)15-3/h4,9-10,12H,5-7H2,1-3H3,(H,13,14)/b8-4+. The third-order valence-electron chi connectivity index (χ3n) is 2.96. The van der Waals surface area contributed by atoms with Gasteiger partial charge in [-0.1, -0.05) is 11.6 Å². The Morgan fingerprint density at radius 3 is 2.87 bits per heavy atom. The fourth-order valence-corrected chi connectivity index (χ4v) is 1.86. The van der Waals surface area contributed by atoms with Crippen LogP contribution in [0.5, 0.6) is 0 Å². The molecule has 1 aliphatic rings. The van der Waals surface area contributed by atoms with Gasteiger partial charge in [0.1, 0.15) is 0 Å². The molecule has 86 valence electrons. The van der Waals surface area contributed by atoms with Crippen molar-refractivity contribution in [2.24, 2.45) is 5.92 Å². The minimum atomic E-state index is -0.347. The summed E-state index contributed by atoms with van der Waals surface area (Å²) >= 11 is 0. The van der Waals surface area contributed by atoms with Gasteiger partial charge in [0, 0.05) is 19.1 Å². The van der Waals surface area contributed by atoms with Crippen LogP contribution >= 0.6 is 0 Å². The molecule has 2 N–H and O–H groups in total. The van der Waals surface area contributed by atoms with Crippen molar-refractivity contribution in [2.45, 2.75) is 26.3 Å². The van der Waals surface area contributed by atoms with E-state index in [0.29, 0.717) is 5.92 Å². The van der Waals surface area contributed by atoms with Crippen LogP contribution in [-0.4, -0.2) is 32.3 Å². The van der Waals surface area contributed by atoms with Crippen LogP contribution < -0.4 is 10.6 Å². The zero-order valence-corrected chi connectivity index (χ0v) is 9.67. The van der Waals surface area contributed by atoms with Crippen molar-refractivity contribution >= 4 is 6.09 Å². The molecule has 1 fully saturated rings. The van der Waals surface area contributed by atoms with Crippen molar-refractivity contribution in [2.75, 3.05) is 20.2 Å². The van der Waals surface area contributed by atoms with E-state index in [0.717, 1.165) is 19.5 Å². The Labute approximate surface area is 91.1 Å². The summed E-state index contributed by atoms with van der Waals surface area (Å²) in [7, 11) is 1.39. The molecular formula is C11H20N2O2. The number of methoxy groups -OCH3 is 1. The number of piperidine rings is 1. The summed E-state index contributed by atoms with van der Waals surface area (Å²) in [4.78, 5) is 11.1. The van der Waals surface area contributed by atoms with Crippen LogP contribution in [0.15, 0.2) is 11.6 Å². The molecule has 0 spiro atoms. The van der Waals surface area contributed by atoms with Gasteiger partial charge in [0.15, 0.2) is 0 Å². The predicted molar refractivity (Wildman–Crippen MR) is 59.7 cm³/mol. The van der Waals surface area contributed by atoms with Crippen molar-refractivity contribution in [3.05, 3.63) is 11.6 Å². The molecule has 0 aliphatic carbocycles. The average Bonchev–Trinajstić information content (AvgIpc) is 2.28. The lowest BCUT2D eigenvalue weighted by Gasteiger charge is -2.30. The highest BCUT2D eigenvalue weighted by Gasteiger charge is 2.23. The second-order valence-electron chi connectivity index (χ2n) is 3.96. The van der Waals surface area contributed by atoms with E-state index in [-0.39, 0.29) is 12.1 Å². The van der Waals surface area contributed by atoms with Crippen LogP contribution in [0.3, 0.4) is 0 Å². The first-order chi connectivity index (χ1) is 7.17. The molecule has 2 atom stereocenters. The third kappa shape index (κ3) is 3.55. The largest absolute Gasteiger partial charge is 0.453 e. The Bertz CT molecular complexity index is 251. The van der Waals surface area contributed by atoms with E-state index in [4.69, 9.17) is 0 Å². The van der Waals surface area contributed by atoms with Gasteiger partial charge in [-0.05, 0) is 26.2 Å².